The lowest BCUT2D eigenvalue weighted by atomic mass is 9.95. The summed E-state index contributed by atoms with van der Waals surface area (Å²) in [4.78, 5) is 19.7. The highest BCUT2D eigenvalue weighted by Crippen LogP contribution is 2.44. The Kier molecular flexibility index (Phi) is 5.97. The van der Waals surface area contributed by atoms with Gasteiger partial charge in [-0.05, 0) is 73.2 Å². The summed E-state index contributed by atoms with van der Waals surface area (Å²) in [5, 5.41) is 17.3. The number of aromatic nitrogens is 3. The van der Waals surface area contributed by atoms with E-state index in [1.807, 2.05) is 18.2 Å². The molecule has 228 valence electrons. The van der Waals surface area contributed by atoms with Gasteiger partial charge in [-0.25, -0.2) is 9.37 Å². The van der Waals surface area contributed by atoms with Crippen LogP contribution in [-0.2, 0) is 6.42 Å². The van der Waals surface area contributed by atoms with Crippen molar-refractivity contribution in [2.24, 2.45) is 0 Å². The van der Waals surface area contributed by atoms with Crippen LogP contribution in [0.25, 0.3) is 32.9 Å². The lowest BCUT2D eigenvalue weighted by Crippen LogP contribution is -2.60. The van der Waals surface area contributed by atoms with Crippen molar-refractivity contribution >= 4 is 27.5 Å². The Hall–Kier alpha value is -3.76. The van der Waals surface area contributed by atoms with Gasteiger partial charge in [0, 0.05) is 37.2 Å². The fourth-order valence-corrected chi connectivity index (χ4v) is 8.73. The Bertz CT molecular complexity index is 1800. The molecule has 9 nitrogen and oxygen atoms in total. The molecule has 7 heterocycles. The van der Waals surface area contributed by atoms with E-state index in [1.54, 1.807) is 12.1 Å². The number of phenolic OH excluding ortho intramolecular Hbond substituents is 1. The Morgan fingerprint density at radius 2 is 2.07 bits per heavy atom. The summed E-state index contributed by atoms with van der Waals surface area (Å²) in [6.07, 6.45) is 4.73. The maximum atomic E-state index is 14.5. The van der Waals surface area contributed by atoms with Gasteiger partial charge in [-0.1, -0.05) is 25.1 Å². The SMILES string of the molecule is CCc1cccc2cc(O)cc(-c3cc4nc(OC[C@]56CCCN5C[C@@H](F)C6)nc5c4c(n3)OC[C@@H]3C4CCC(CN53)N4)c12. The molecule has 44 heavy (non-hydrogen) atoms. The number of phenols is 1. The predicted molar refractivity (Wildman–Crippen MR) is 166 cm³/mol. The fourth-order valence-electron chi connectivity index (χ4n) is 8.73. The summed E-state index contributed by atoms with van der Waals surface area (Å²) in [7, 11) is 0. The zero-order chi connectivity index (χ0) is 29.6. The third kappa shape index (κ3) is 4.06. The molecule has 2 bridgehead atoms. The molecule has 4 saturated heterocycles. The highest BCUT2D eigenvalue weighted by Gasteiger charge is 2.50. The fraction of sp³-hybridized carbons (Fsp3) is 0.500. The highest BCUT2D eigenvalue weighted by atomic mass is 19.1. The van der Waals surface area contributed by atoms with Gasteiger partial charge in [-0.2, -0.15) is 9.97 Å². The number of piperazine rings is 1. The van der Waals surface area contributed by atoms with Crippen LogP contribution in [0, 0.1) is 0 Å². The molecule has 4 aromatic rings. The van der Waals surface area contributed by atoms with E-state index in [2.05, 4.69) is 28.1 Å². The molecule has 0 spiro atoms. The Balaban J connectivity index is 1.21. The molecule has 2 aromatic carbocycles. The second-order valence-corrected chi connectivity index (χ2v) is 13.3. The number of nitrogens with zero attached hydrogens (tertiary/aromatic N) is 5. The second kappa shape index (κ2) is 9.87. The van der Waals surface area contributed by atoms with Gasteiger partial charge >= 0.3 is 6.01 Å². The van der Waals surface area contributed by atoms with Crippen LogP contribution < -0.4 is 19.7 Å². The van der Waals surface area contributed by atoms with Crippen molar-refractivity contribution in [1.29, 1.82) is 0 Å². The van der Waals surface area contributed by atoms with Gasteiger partial charge in [-0.3, -0.25) is 4.90 Å². The molecule has 5 aliphatic rings. The van der Waals surface area contributed by atoms with Gasteiger partial charge in [0.05, 0.1) is 22.8 Å². The van der Waals surface area contributed by atoms with Crippen LogP contribution in [0.2, 0.25) is 0 Å². The van der Waals surface area contributed by atoms with Crippen LogP contribution >= 0.6 is 0 Å². The van der Waals surface area contributed by atoms with Crippen molar-refractivity contribution in [3.05, 3.63) is 42.0 Å². The van der Waals surface area contributed by atoms with Crippen LogP contribution in [0.1, 0.15) is 44.6 Å². The smallest absolute Gasteiger partial charge is 0.319 e. The Morgan fingerprint density at radius 1 is 1.14 bits per heavy atom. The van der Waals surface area contributed by atoms with Crippen LogP contribution in [0.15, 0.2) is 36.4 Å². The third-order valence-electron chi connectivity index (χ3n) is 10.8. The van der Waals surface area contributed by atoms with Gasteiger partial charge in [0.15, 0.2) is 0 Å². The van der Waals surface area contributed by atoms with E-state index in [1.165, 1.54) is 5.56 Å². The molecule has 0 saturated carbocycles. The number of ether oxygens (including phenoxy) is 2. The number of fused-ring (bicyclic) bond motifs is 7. The van der Waals surface area contributed by atoms with Crippen LogP contribution in [-0.4, -0.2) is 87.6 Å². The molecule has 0 radical (unpaired) electrons. The molecule has 5 aliphatic heterocycles. The number of nitrogens with one attached hydrogen (secondary N) is 1. The Morgan fingerprint density at radius 3 is 2.98 bits per heavy atom. The topological polar surface area (TPSA) is 95.9 Å². The number of alkyl halides is 1. The van der Waals surface area contributed by atoms with Gasteiger partial charge in [0.25, 0.3) is 0 Å². The monoisotopic (exact) mass is 596 g/mol. The van der Waals surface area contributed by atoms with Gasteiger partial charge in [-0.15, -0.1) is 0 Å². The number of halogens is 1. The first-order chi connectivity index (χ1) is 21.5. The van der Waals surface area contributed by atoms with Crippen molar-refractivity contribution in [3.8, 4) is 28.9 Å². The number of anilines is 1. The average molecular weight is 597 g/mol. The maximum Gasteiger partial charge on any atom is 0.319 e. The van der Waals surface area contributed by atoms with Crippen molar-refractivity contribution in [2.45, 2.75) is 75.3 Å². The molecule has 4 fully saturated rings. The lowest BCUT2D eigenvalue weighted by molar-refractivity contribution is 0.107. The van der Waals surface area contributed by atoms with Crippen LogP contribution in [0.3, 0.4) is 0 Å². The number of hydrogen-bond donors (Lipinski definition) is 2. The normalized spacial score (nSPS) is 29.1. The standard InChI is InChI=1S/C34H37FN6O3/c1-2-19-5-3-6-20-11-23(42)12-24(29(19)20)26-13-27-30-31(41-16-22-7-8-25(36-22)28(41)17-43-32(30)37-26)39-33(38-27)44-18-34-9-4-10-40(34)15-21(35)14-34/h3,5-6,11-13,21-22,25,28,36,42H,2,4,7-10,14-18H2,1H3/t21-,22?,25?,28+,34+/m0/s1. The first-order valence-corrected chi connectivity index (χ1v) is 16.1. The quantitative estimate of drug-likeness (QED) is 0.338. The summed E-state index contributed by atoms with van der Waals surface area (Å²) in [5.74, 6) is 1.49. The minimum absolute atomic E-state index is 0.108. The van der Waals surface area contributed by atoms with Crippen molar-refractivity contribution in [2.75, 3.05) is 37.7 Å². The van der Waals surface area contributed by atoms with Gasteiger partial charge in [0.1, 0.15) is 36.3 Å². The molecule has 0 aliphatic carbocycles. The van der Waals surface area contributed by atoms with E-state index in [4.69, 9.17) is 24.4 Å². The molecule has 2 N–H and O–H groups in total. The molecule has 5 atom stereocenters. The van der Waals surface area contributed by atoms with Crippen LogP contribution in [0.5, 0.6) is 17.6 Å². The molecule has 2 unspecified atom stereocenters. The summed E-state index contributed by atoms with van der Waals surface area (Å²) in [6.45, 7) is 5.21. The Labute approximate surface area is 255 Å². The van der Waals surface area contributed by atoms with Crippen molar-refractivity contribution in [1.82, 2.24) is 25.2 Å². The summed E-state index contributed by atoms with van der Waals surface area (Å²) >= 11 is 0. The first-order valence-electron chi connectivity index (χ1n) is 16.1. The highest BCUT2D eigenvalue weighted by molar-refractivity contribution is 6.02. The molecule has 9 rings (SSSR count). The molecular formula is C34H37FN6O3. The second-order valence-electron chi connectivity index (χ2n) is 13.3. The van der Waals surface area contributed by atoms with Crippen molar-refractivity contribution in [3.63, 3.8) is 0 Å². The summed E-state index contributed by atoms with van der Waals surface area (Å²) < 4.78 is 27.5. The molecule has 0 amide bonds. The number of rotatable bonds is 5. The van der Waals surface area contributed by atoms with E-state index in [9.17, 15) is 9.50 Å². The zero-order valence-electron chi connectivity index (χ0n) is 24.9. The number of aromatic hydroxyl groups is 1. The van der Waals surface area contributed by atoms with E-state index in [-0.39, 0.29) is 17.3 Å². The summed E-state index contributed by atoms with van der Waals surface area (Å²) in [6, 6.07) is 12.9. The van der Waals surface area contributed by atoms with E-state index < -0.39 is 6.17 Å². The molecular weight excluding hydrogens is 559 g/mol. The van der Waals surface area contributed by atoms with E-state index in [0.717, 1.165) is 72.7 Å². The van der Waals surface area contributed by atoms with Crippen molar-refractivity contribution < 1.29 is 19.0 Å². The number of hydrogen-bond acceptors (Lipinski definition) is 9. The number of pyridine rings is 1. The van der Waals surface area contributed by atoms with Gasteiger partial charge in [0.2, 0.25) is 5.88 Å². The zero-order valence-corrected chi connectivity index (χ0v) is 24.9. The largest absolute Gasteiger partial charge is 0.508 e. The predicted octanol–water partition coefficient (Wildman–Crippen LogP) is 4.77. The third-order valence-corrected chi connectivity index (χ3v) is 10.8. The number of benzene rings is 2. The molecule has 10 heteroatoms. The van der Waals surface area contributed by atoms with E-state index in [0.29, 0.717) is 61.4 Å². The first kappa shape index (κ1) is 26.6. The lowest BCUT2D eigenvalue weighted by Gasteiger charge is -2.40. The summed E-state index contributed by atoms with van der Waals surface area (Å²) in [5.41, 5.74) is 3.10. The minimum Gasteiger partial charge on any atom is -0.508 e. The van der Waals surface area contributed by atoms with E-state index >= 15 is 0 Å². The maximum absolute atomic E-state index is 14.5. The minimum atomic E-state index is -0.823. The number of aryl methyl sites for hydroxylation is 1. The van der Waals surface area contributed by atoms with Crippen LogP contribution in [0.4, 0.5) is 10.2 Å². The van der Waals surface area contributed by atoms with Gasteiger partial charge < -0.3 is 24.8 Å². The molecule has 2 aromatic heterocycles. The average Bonchev–Trinajstić information content (AvgIpc) is 3.66.